The van der Waals surface area contributed by atoms with E-state index in [1.54, 1.807) is 0 Å². The van der Waals surface area contributed by atoms with E-state index in [1.807, 2.05) is 0 Å². The molecular weight excluding hydrogens is 940 g/mol. The van der Waals surface area contributed by atoms with Crippen LogP contribution in [0.15, 0.2) is 97.1 Å². The van der Waals surface area contributed by atoms with Crippen LogP contribution in [-0.4, -0.2) is 96.2 Å². The molecule has 0 radical (unpaired) electrons. The summed E-state index contributed by atoms with van der Waals surface area (Å²) in [5.74, 6) is -7.09. The molecule has 0 spiro atoms. The molecule has 8 N–H and O–H groups in total. The summed E-state index contributed by atoms with van der Waals surface area (Å²) < 4.78 is 132. The third kappa shape index (κ3) is 21.4. The predicted molar refractivity (Wildman–Crippen MR) is 182 cm³/mol. The van der Waals surface area contributed by atoms with Crippen molar-refractivity contribution in [3.05, 3.63) is 119 Å². The van der Waals surface area contributed by atoms with Crippen molar-refractivity contribution in [3.63, 3.8) is 0 Å². The van der Waals surface area contributed by atoms with E-state index in [0.717, 1.165) is 48.5 Å². The first kappa shape index (κ1) is 51.5. The zero-order valence-electron chi connectivity index (χ0n) is 27.5. The Morgan fingerprint density at radius 2 is 0.474 bits per heavy atom. The SMILES string of the molecule is O=C(O)c1ccccc1OS(=O)(=O)O.O=C(O)c1ccccc1OS(=O)(=O)O.O=C(O)c1ccccc1OS(=O)(=O)O.O=C(O)c1ccccc1OS(=O)(=O)O.[Zr]. The average molecular weight is 964 g/mol. The summed E-state index contributed by atoms with van der Waals surface area (Å²) in [4.78, 5) is 42.2. The number of carbonyl (C=O) groups is 4. The number of rotatable bonds is 12. The predicted octanol–water partition coefficient (Wildman–Crippen LogP) is 2.26. The van der Waals surface area contributed by atoms with Gasteiger partial charge in [0.05, 0.1) is 0 Å². The van der Waals surface area contributed by atoms with Crippen LogP contribution >= 0.6 is 0 Å². The monoisotopic (exact) mass is 962 g/mol. The van der Waals surface area contributed by atoms with Gasteiger partial charge in [-0.05, 0) is 48.5 Å². The Kier molecular flexibility index (Phi) is 20.1. The fourth-order valence-electron chi connectivity index (χ4n) is 3.32. The standard InChI is InChI=1S/4C7H6O6S.Zr/c4*8-7(9)5-3-1-2-4-6(5)13-14(10,11)12;/h4*1-4H,(H,8,9)(H,10,11,12);. The number of aromatic carboxylic acids is 4. The minimum absolute atomic E-state index is 0. The Balaban J connectivity index is 0.000000729. The number of para-hydroxylation sites is 4. The fraction of sp³-hybridized carbons (Fsp3) is 0. The molecule has 308 valence electrons. The molecular formula is C28H24O24S4Zr. The van der Waals surface area contributed by atoms with E-state index in [4.69, 9.17) is 38.6 Å². The molecule has 4 aromatic rings. The van der Waals surface area contributed by atoms with Crippen LogP contribution in [-0.2, 0) is 67.8 Å². The molecule has 0 aliphatic carbocycles. The van der Waals surface area contributed by atoms with Gasteiger partial charge in [-0.3, -0.25) is 18.2 Å². The van der Waals surface area contributed by atoms with E-state index >= 15 is 0 Å². The quantitative estimate of drug-likeness (QED) is 0.0944. The Morgan fingerprint density at radius 1 is 0.333 bits per heavy atom. The van der Waals surface area contributed by atoms with E-state index in [9.17, 15) is 52.8 Å². The van der Waals surface area contributed by atoms with Gasteiger partial charge in [0.25, 0.3) is 0 Å². The van der Waals surface area contributed by atoms with Gasteiger partial charge >= 0.3 is 65.5 Å². The summed E-state index contributed by atoms with van der Waals surface area (Å²) in [6.07, 6.45) is 0. The molecule has 57 heavy (non-hydrogen) atoms. The van der Waals surface area contributed by atoms with Crippen LogP contribution in [0.1, 0.15) is 41.4 Å². The van der Waals surface area contributed by atoms with E-state index < -0.39 is 88.5 Å². The van der Waals surface area contributed by atoms with Gasteiger partial charge in [-0.25, -0.2) is 19.2 Å². The summed E-state index contributed by atoms with van der Waals surface area (Å²) >= 11 is 0. The van der Waals surface area contributed by atoms with Crippen LogP contribution in [0.2, 0.25) is 0 Å². The van der Waals surface area contributed by atoms with Crippen LogP contribution in [0.3, 0.4) is 0 Å². The topological polar surface area (TPSA) is 404 Å². The maximum Gasteiger partial charge on any atom is 0.446 e. The molecule has 4 rings (SSSR count). The van der Waals surface area contributed by atoms with Gasteiger partial charge in [-0.2, -0.15) is 33.7 Å². The second-order valence-electron chi connectivity index (χ2n) is 9.25. The molecule has 0 amide bonds. The molecule has 0 aliphatic rings. The van der Waals surface area contributed by atoms with Gasteiger partial charge in [0, 0.05) is 26.2 Å². The van der Waals surface area contributed by atoms with Crippen molar-refractivity contribution < 1.29 is 134 Å². The molecule has 0 fully saturated rings. The van der Waals surface area contributed by atoms with Crippen molar-refractivity contribution in [1.82, 2.24) is 0 Å². The van der Waals surface area contributed by atoms with Gasteiger partial charge in [0.1, 0.15) is 22.3 Å². The van der Waals surface area contributed by atoms with E-state index in [-0.39, 0.29) is 48.5 Å². The number of hydrogen-bond acceptors (Lipinski definition) is 16. The number of carboxylic acid groups (broad SMARTS) is 4. The smallest absolute Gasteiger partial charge is 0.446 e. The summed E-state index contributed by atoms with van der Waals surface area (Å²) in [7, 11) is -18.8. The summed E-state index contributed by atoms with van der Waals surface area (Å²) in [5.41, 5.74) is -1.37. The molecule has 24 nitrogen and oxygen atoms in total. The molecule has 0 saturated heterocycles. The molecule has 0 unspecified atom stereocenters. The Labute approximate surface area is 340 Å². The van der Waals surface area contributed by atoms with Crippen molar-refractivity contribution in [3.8, 4) is 23.0 Å². The molecule has 0 aliphatic heterocycles. The van der Waals surface area contributed by atoms with Crippen LogP contribution in [0.5, 0.6) is 23.0 Å². The zero-order chi connectivity index (χ0) is 43.1. The van der Waals surface area contributed by atoms with Crippen molar-refractivity contribution in [2.24, 2.45) is 0 Å². The first-order valence-electron chi connectivity index (χ1n) is 13.6. The summed E-state index contributed by atoms with van der Waals surface area (Å²) in [5, 5.41) is 34.4. The van der Waals surface area contributed by atoms with Crippen molar-refractivity contribution >= 4 is 65.5 Å². The molecule has 0 saturated carbocycles. The maximum absolute atomic E-state index is 10.6. The summed E-state index contributed by atoms with van der Waals surface area (Å²) in [6, 6.07) is 20.3. The molecule has 0 aromatic heterocycles. The third-order valence-corrected chi connectivity index (χ3v) is 6.81. The molecule has 0 heterocycles. The van der Waals surface area contributed by atoms with Crippen molar-refractivity contribution in [1.29, 1.82) is 0 Å². The van der Waals surface area contributed by atoms with Gasteiger partial charge in [0.15, 0.2) is 23.0 Å². The second kappa shape index (κ2) is 22.3. The summed E-state index contributed by atoms with van der Waals surface area (Å²) in [6.45, 7) is 0. The van der Waals surface area contributed by atoms with Crippen LogP contribution in [0.25, 0.3) is 0 Å². The number of benzene rings is 4. The Morgan fingerprint density at radius 3 is 0.596 bits per heavy atom. The van der Waals surface area contributed by atoms with Gasteiger partial charge in [-0.15, -0.1) is 0 Å². The minimum atomic E-state index is -4.70. The van der Waals surface area contributed by atoms with Crippen LogP contribution in [0, 0.1) is 0 Å². The molecule has 0 atom stereocenters. The second-order valence-corrected chi connectivity index (χ2v) is 13.3. The van der Waals surface area contributed by atoms with Gasteiger partial charge in [0.2, 0.25) is 0 Å². The normalized spacial score (nSPS) is 10.7. The molecule has 0 bridgehead atoms. The zero-order valence-corrected chi connectivity index (χ0v) is 33.2. The number of carboxylic acids is 4. The van der Waals surface area contributed by atoms with E-state index in [1.165, 1.54) is 48.5 Å². The van der Waals surface area contributed by atoms with Gasteiger partial charge in [-0.1, -0.05) is 48.5 Å². The minimum Gasteiger partial charge on any atom is -0.478 e. The Hall–Kier alpha value is -5.52. The van der Waals surface area contributed by atoms with Gasteiger partial charge < -0.3 is 37.2 Å². The van der Waals surface area contributed by atoms with Crippen molar-refractivity contribution in [2.75, 3.05) is 0 Å². The maximum atomic E-state index is 10.6. The first-order valence-corrected chi connectivity index (χ1v) is 19.0. The van der Waals surface area contributed by atoms with Crippen LogP contribution < -0.4 is 16.7 Å². The third-order valence-electron chi connectivity index (χ3n) is 5.25. The largest absolute Gasteiger partial charge is 0.478 e. The Bertz CT molecular complexity index is 2150. The first-order chi connectivity index (χ1) is 25.6. The van der Waals surface area contributed by atoms with E-state index in [2.05, 4.69) is 16.7 Å². The van der Waals surface area contributed by atoms with Crippen molar-refractivity contribution in [2.45, 2.75) is 0 Å². The molecule has 29 heteroatoms. The van der Waals surface area contributed by atoms with Crippen LogP contribution in [0.4, 0.5) is 0 Å². The molecule has 4 aromatic carbocycles. The fourth-order valence-corrected chi connectivity index (χ4v) is 4.81. The number of hydrogen-bond donors (Lipinski definition) is 8. The van der Waals surface area contributed by atoms with E-state index in [0.29, 0.717) is 0 Å². The average Bonchev–Trinajstić information content (AvgIpc) is 3.03.